The smallest absolute Gasteiger partial charge is 0.224 e. The Morgan fingerprint density at radius 2 is 2.09 bits per heavy atom. The predicted molar refractivity (Wildman–Crippen MR) is 88.6 cm³/mol. The third kappa shape index (κ3) is 5.34. The molecule has 1 aromatic carbocycles. The molecule has 0 spiro atoms. The first-order valence-corrected chi connectivity index (χ1v) is 8.32. The second kappa shape index (κ2) is 8.18. The lowest BCUT2D eigenvalue weighted by Crippen LogP contribution is -2.43. The standard InChI is InChI=1S/C18H28N2O2/c1-14(2)9-10-19-18(22)16-4-3-11-20(13-16)12-15-5-7-17(21)8-6-15/h5-8,14,16,21H,3-4,9-13H2,1-2H3,(H,19,22). The minimum absolute atomic E-state index is 0.109. The van der Waals surface area contributed by atoms with Crippen LogP contribution in [0.3, 0.4) is 0 Å². The van der Waals surface area contributed by atoms with Gasteiger partial charge in [-0.25, -0.2) is 0 Å². The number of phenolic OH excluding ortho intramolecular Hbond substituents is 1. The fourth-order valence-corrected chi connectivity index (χ4v) is 2.90. The molecule has 1 aliphatic rings. The van der Waals surface area contributed by atoms with Gasteiger partial charge in [-0.2, -0.15) is 0 Å². The molecule has 22 heavy (non-hydrogen) atoms. The molecule has 4 nitrogen and oxygen atoms in total. The quantitative estimate of drug-likeness (QED) is 0.849. The van der Waals surface area contributed by atoms with Gasteiger partial charge in [0.25, 0.3) is 0 Å². The van der Waals surface area contributed by atoms with E-state index >= 15 is 0 Å². The van der Waals surface area contributed by atoms with E-state index in [9.17, 15) is 9.90 Å². The van der Waals surface area contributed by atoms with Gasteiger partial charge in [0.15, 0.2) is 0 Å². The van der Waals surface area contributed by atoms with Gasteiger partial charge in [0.2, 0.25) is 5.91 Å². The number of amides is 1. The normalized spacial score (nSPS) is 19.3. The van der Waals surface area contributed by atoms with E-state index in [0.29, 0.717) is 11.7 Å². The molecule has 1 amide bonds. The summed E-state index contributed by atoms with van der Waals surface area (Å²) >= 11 is 0. The number of likely N-dealkylation sites (tertiary alicyclic amines) is 1. The third-order valence-corrected chi connectivity index (χ3v) is 4.24. The summed E-state index contributed by atoms with van der Waals surface area (Å²) in [5.41, 5.74) is 1.18. The molecule has 0 saturated carbocycles. The van der Waals surface area contributed by atoms with Crippen molar-refractivity contribution in [2.24, 2.45) is 11.8 Å². The number of nitrogens with one attached hydrogen (secondary N) is 1. The molecule has 1 fully saturated rings. The Bertz CT molecular complexity index is 470. The van der Waals surface area contributed by atoms with Crippen molar-refractivity contribution >= 4 is 5.91 Å². The van der Waals surface area contributed by atoms with Crippen molar-refractivity contribution in [1.29, 1.82) is 0 Å². The molecule has 2 N–H and O–H groups in total. The number of nitrogens with zero attached hydrogens (tertiary/aromatic N) is 1. The third-order valence-electron chi connectivity index (χ3n) is 4.24. The van der Waals surface area contributed by atoms with E-state index < -0.39 is 0 Å². The van der Waals surface area contributed by atoms with Crippen molar-refractivity contribution in [1.82, 2.24) is 10.2 Å². The molecule has 0 radical (unpaired) electrons. The summed E-state index contributed by atoms with van der Waals surface area (Å²) in [4.78, 5) is 14.6. The molecule has 1 atom stereocenters. The second-order valence-corrected chi connectivity index (χ2v) is 6.71. The van der Waals surface area contributed by atoms with E-state index in [-0.39, 0.29) is 11.8 Å². The summed E-state index contributed by atoms with van der Waals surface area (Å²) in [6.07, 6.45) is 3.09. The predicted octanol–water partition coefficient (Wildman–Crippen LogP) is 2.77. The maximum atomic E-state index is 12.3. The van der Waals surface area contributed by atoms with Crippen LogP contribution in [0, 0.1) is 11.8 Å². The van der Waals surface area contributed by atoms with Gasteiger partial charge >= 0.3 is 0 Å². The summed E-state index contributed by atoms with van der Waals surface area (Å²) in [5.74, 6) is 1.23. The first kappa shape index (κ1) is 16.8. The first-order valence-electron chi connectivity index (χ1n) is 8.32. The molecule has 1 heterocycles. The molecular weight excluding hydrogens is 276 g/mol. The number of aromatic hydroxyl groups is 1. The van der Waals surface area contributed by atoms with Crippen molar-refractivity contribution in [2.75, 3.05) is 19.6 Å². The van der Waals surface area contributed by atoms with Crippen molar-refractivity contribution in [3.8, 4) is 5.75 Å². The highest BCUT2D eigenvalue weighted by molar-refractivity contribution is 5.78. The molecule has 1 unspecified atom stereocenters. The Labute approximate surface area is 133 Å². The molecular formula is C18H28N2O2. The summed E-state index contributed by atoms with van der Waals surface area (Å²) in [6, 6.07) is 7.33. The molecule has 1 aliphatic heterocycles. The Morgan fingerprint density at radius 3 is 2.77 bits per heavy atom. The molecule has 0 aromatic heterocycles. The molecule has 122 valence electrons. The highest BCUT2D eigenvalue weighted by Gasteiger charge is 2.25. The van der Waals surface area contributed by atoms with Crippen molar-refractivity contribution < 1.29 is 9.90 Å². The van der Waals surface area contributed by atoms with Gasteiger partial charge in [-0.05, 0) is 49.4 Å². The average Bonchev–Trinajstić information content (AvgIpc) is 2.49. The molecule has 4 heteroatoms. The van der Waals surface area contributed by atoms with Gasteiger partial charge in [0.1, 0.15) is 5.75 Å². The number of benzene rings is 1. The largest absolute Gasteiger partial charge is 0.508 e. The number of hydrogen-bond acceptors (Lipinski definition) is 3. The monoisotopic (exact) mass is 304 g/mol. The number of piperidine rings is 1. The minimum atomic E-state index is 0.109. The van der Waals surface area contributed by atoms with Crippen LogP contribution in [0.2, 0.25) is 0 Å². The fraction of sp³-hybridized carbons (Fsp3) is 0.611. The lowest BCUT2D eigenvalue weighted by Gasteiger charge is -2.32. The number of phenols is 1. The Balaban J connectivity index is 1.80. The molecule has 1 aromatic rings. The highest BCUT2D eigenvalue weighted by Crippen LogP contribution is 2.19. The van der Waals surface area contributed by atoms with Crippen LogP contribution in [0.25, 0.3) is 0 Å². The van der Waals surface area contributed by atoms with E-state index in [2.05, 4.69) is 24.1 Å². The second-order valence-electron chi connectivity index (χ2n) is 6.71. The van der Waals surface area contributed by atoms with Gasteiger partial charge < -0.3 is 10.4 Å². The Kier molecular flexibility index (Phi) is 6.25. The Hall–Kier alpha value is -1.55. The van der Waals surface area contributed by atoms with Crippen LogP contribution in [0.5, 0.6) is 5.75 Å². The van der Waals surface area contributed by atoms with E-state index in [1.807, 2.05) is 12.1 Å². The Morgan fingerprint density at radius 1 is 1.36 bits per heavy atom. The van der Waals surface area contributed by atoms with Crippen LogP contribution in [0.1, 0.15) is 38.7 Å². The lowest BCUT2D eigenvalue weighted by atomic mass is 9.96. The van der Waals surface area contributed by atoms with Crippen LogP contribution in [-0.4, -0.2) is 35.5 Å². The van der Waals surface area contributed by atoms with Gasteiger partial charge in [0.05, 0.1) is 5.92 Å². The number of carbonyl (C=O) groups is 1. The zero-order chi connectivity index (χ0) is 15.9. The number of rotatable bonds is 6. The topological polar surface area (TPSA) is 52.6 Å². The zero-order valence-electron chi connectivity index (χ0n) is 13.7. The van der Waals surface area contributed by atoms with E-state index in [0.717, 1.165) is 45.4 Å². The van der Waals surface area contributed by atoms with Crippen molar-refractivity contribution in [3.63, 3.8) is 0 Å². The highest BCUT2D eigenvalue weighted by atomic mass is 16.3. The molecule has 2 rings (SSSR count). The van der Waals surface area contributed by atoms with Crippen LogP contribution < -0.4 is 5.32 Å². The summed E-state index contributed by atoms with van der Waals surface area (Å²) in [7, 11) is 0. The van der Waals surface area contributed by atoms with E-state index in [4.69, 9.17) is 0 Å². The number of hydrogen-bond donors (Lipinski definition) is 2. The fourth-order valence-electron chi connectivity index (χ4n) is 2.90. The van der Waals surface area contributed by atoms with Gasteiger partial charge in [0, 0.05) is 19.6 Å². The number of carbonyl (C=O) groups excluding carboxylic acids is 1. The molecule has 0 aliphatic carbocycles. The zero-order valence-corrected chi connectivity index (χ0v) is 13.7. The maximum absolute atomic E-state index is 12.3. The van der Waals surface area contributed by atoms with Crippen LogP contribution in [0.15, 0.2) is 24.3 Å². The first-order chi connectivity index (χ1) is 10.5. The summed E-state index contributed by atoms with van der Waals surface area (Å²) < 4.78 is 0. The summed E-state index contributed by atoms with van der Waals surface area (Å²) in [5, 5.41) is 12.4. The van der Waals surface area contributed by atoms with Gasteiger partial charge in [-0.15, -0.1) is 0 Å². The summed E-state index contributed by atoms with van der Waals surface area (Å²) in [6.45, 7) is 7.84. The average molecular weight is 304 g/mol. The minimum Gasteiger partial charge on any atom is -0.508 e. The van der Waals surface area contributed by atoms with Crippen LogP contribution in [-0.2, 0) is 11.3 Å². The van der Waals surface area contributed by atoms with Crippen molar-refractivity contribution in [3.05, 3.63) is 29.8 Å². The van der Waals surface area contributed by atoms with Gasteiger partial charge in [-0.3, -0.25) is 9.69 Å². The van der Waals surface area contributed by atoms with Crippen LogP contribution in [0.4, 0.5) is 0 Å². The van der Waals surface area contributed by atoms with E-state index in [1.165, 1.54) is 5.56 Å². The van der Waals surface area contributed by atoms with E-state index in [1.54, 1.807) is 12.1 Å². The maximum Gasteiger partial charge on any atom is 0.224 e. The van der Waals surface area contributed by atoms with Gasteiger partial charge in [-0.1, -0.05) is 26.0 Å². The SMILES string of the molecule is CC(C)CCNC(=O)C1CCCN(Cc2ccc(O)cc2)C1. The molecule has 1 saturated heterocycles. The molecule has 0 bridgehead atoms. The lowest BCUT2D eigenvalue weighted by molar-refractivity contribution is -0.126. The van der Waals surface area contributed by atoms with Crippen LogP contribution >= 0.6 is 0 Å². The van der Waals surface area contributed by atoms with Crippen molar-refractivity contribution in [2.45, 2.75) is 39.7 Å².